The highest BCUT2D eigenvalue weighted by Gasteiger charge is 2.05. The van der Waals surface area contributed by atoms with Crippen LogP contribution in [0.2, 0.25) is 0 Å². The van der Waals surface area contributed by atoms with Gasteiger partial charge >= 0.3 is 11.9 Å². The van der Waals surface area contributed by atoms with E-state index in [0.717, 1.165) is 6.42 Å². The summed E-state index contributed by atoms with van der Waals surface area (Å²) in [6.07, 6.45) is 1.22. The summed E-state index contributed by atoms with van der Waals surface area (Å²) in [6.45, 7) is 8.69. The van der Waals surface area contributed by atoms with Crippen molar-refractivity contribution >= 4 is 11.9 Å². The maximum absolute atomic E-state index is 11.7. The van der Waals surface area contributed by atoms with E-state index in [2.05, 4.69) is 0 Å². The van der Waals surface area contributed by atoms with Crippen LogP contribution < -0.4 is 0 Å². The summed E-state index contributed by atoms with van der Waals surface area (Å²) in [6, 6.07) is 8.84. The molecular weight excluding hydrogens is 500 g/mol. The first kappa shape index (κ1) is 33.9. The molecule has 0 heterocycles. The quantitative estimate of drug-likeness (QED) is 0.120. The van der Waals surface area contributed by atoms with Crippen LogP contribution >= 0.6 is 0 Å². The largest absolute Gasteiger partial charge is 0.463 e. The van der Waals surface area contributed by atoms with E-state index < -0.39 is 0 Å². The Balaban J connectivity index is 1.68. The third kappa shape index (κ3) is 21.9. The van der Waals surface area contributed by atoms with Gasteiger partial charge in [0.2, 0.25) is 0 Å². The van der Waals surface area contributed by atoms with E-state index in [1.54, 1.807) is 24.3 Å². The first-order valence-corrected chi connectivity index (χ1v) is 13.2. The van der Waals surface area contributed by atoms with Crippen molar-refractivity contribution < 1.29 is 52.2 Å². The molecule has 0 atom stereocenters. The highest BCUT2D eigenvalue weighted by molar-refractivity contribution is 5.89. The molecule has 0 aliphatic carbocycles. The molecule has 1 rings (SSSR count). The molecule has 1 aromatic carbocycles. The molecule has 11 nitrogen and oxygen atoms in total. The Bertz CT molecular complexity index is 672. The van der Waals surface area contributed by atoms with Gasteiger partial charge in [0.15, 0.2) is 0 Å². The molecule has 0 bridgehead atoms. The lowest BCUT2D eigenvalue weighted by molar-refractivity contribution is -0.145. The normalized spacial score (nSPS) is 11.0. The van der Waals surface area contributed by atoms with E-state index in [-0.39, 0.29) is 25.2 Å². The fourth-order valence-corrected chi connectivity index (χ4v) is 2.76. The second-order valence-electron chi connectivity index (χ2n) is 7.76. The number of benzene rings is 1. The molecule has 0 aliphatic rings. The fraction of sp³-hybridized carbons (Fsp3) is 0.704. The summed E-state index contributed by atoms with van der Waals surface area (Å²) >= 11 is 0. The fourth-order valence-electron chi connectivity index (χ4n) is 2.76. The number of hydrogen-bond acceptors (Lipinski definition) is 11. The summed E-state index contributed by atoms with van der Waals surface area (Å²) in [5.74, 6) is -0.549. The summed E-state index contributed by atoms with van der Waals surface area (Å²) in [7, 11) is 0. The molecule has 0 N–H and O–H groups in total. The van der Waals surface area contributed by atoms with Gasteiger partial charge in [-0.2, -0.15) is 0 Å². The van der Waals surface area contributed by atoms with Crippen molar-refractivity contribution in [1.29, 1.82) is 0 Å². The number of ether oxygens (including phenoxy) is 9. The van der Waals surface area contributed by atoms with Crippen molar-refractivity contribution in [2.24, 2.45) is 0 Å². The van der Waals surface area contributed by atoms with Crippen LogP contribution in [0.1, 0.15) is 30.1 Å². The molecule has 0 saturated heterocycles. The molecule has 0 aromatic heterocycles. The standard InChI is InChI=1S/C27H44O11/c1-2-6-26(28)37-23-21-35-19-17-33-15-13-31-11-9-30-10-12-32-14-16-34-18-20-36-22-24-38-27(29)25-7-4-3-5-8-25/h3-5,7-8H,2,6,9-24H2,1H3. The van der Waals surface area contributed by atoms with Crippen molar-refractivity contribution in [2.45, 2.75) is 19.8 Å². The van der Waals surface area contributed by atoms with Crippen molar-refractivity contribution in [3.05, 3.63) is 35.9 Å². The van der Waals surface area contributed by atoms with Crippen molar-refractivity contribution in [2.75, 3.05) is 106 Å². The van der Waals surface area contributed by atoms with Crippen LogP contribution in [0.25, 0.3) is 0 Å². The van der Waals surface area contributed by atoms with Crippen LogP contribution in [0.15, 0.2) is 30.3 Å². The molecule has 0 unspecified atom stereocenters. The molecule has 1 aromatic rings. The average Bonchev–Trinajstić information content (AvgIpc) is 2.93. The van der Waals surface area contributed by atoms with Gasteiger partial charge in [-0.05, 0) is 18.6 Å². The zero-order chi connectivity index (χ0) is 27.4. The number of hydrogen-bond donors (Lipinski definition) is 0. The molecule has 0 amide bonds. The van der Waals surface area contributed by atoms with Gasteiger partial charge in [0.05, 0.1) is 98.1 Å². The van der Waals surface area contributed by atoms with Gasteiger partial charge in [-0.3, -0.25) is 4.79 Å². The van der Waals surface area contributed by atoms with Crippen LogP contribution in [0.4, 0.5) is 0 Å². The highest BCUT2D eigenvalue weighted by Crippen LogP contribution is 2.00. The van der Waals surface area contributed by atoms with Gasteiger partial charge in [-0.15, -0.1) is 0 Å². The van der Waals surface area contributed by atoms with Crippen LogP contribution in [0.3, 0.4) is 0 Å². The van der Waals surface area contributed by atoms with Gasteiger partial charge in [0.1, 0.15) is 13.2 Å². The van der Waals surface area contributed by atoms with Gasteiger partial charge in [-0.25, -0.2) is 4.79 Å². The summed E-state index contributed by atoms with van der Waals surface area (Å²) in [5, 5.41) is 0. The molecule has 0 radical (unpaired) electrons. The van der Waals surface area contributed by atoms with Gasteiger partial charge in [0, 0.05) is 6.42 Å². The Hall–Kier alpha value is -2.12. The number of esters is 2. The molecule has 0 saturated carbocycles. The lowest BCUT2D eigenvalue weighted by Gasteiger charge is -2.09. The van der Waals surface area contributed by atoms with Crippen LogP contribution in [0.5, 0.6) is 0 Å². The zero-order valence-electron chi connectivity index (χ0n) is 22.6. The Kier molecular flexibility index (Phi) is 23.6. The summed E-state index contributed by atoms with van der Waals surface area (Å²) in [5.41, 5.74) is 0.524. The lowest BCUT2D eigenvalue weighted by Crippen LogP contribution is -2.15. The minimum absolute atomic E-state index is 0.191. The molecular formula is C27H44O11. The van der Waals surface area contributed by atoms with Gasteiger partial charge < -0.3 is 42.6 Å². The number of carbonyl (C=O) groups excluding carboxylic acids is 2. The summed E-state index contributed by atoms with van der Waals surface area (Å²) < 4.78 is 47.9. The predicted octanol–water partition coefficient (Wildman–Crippen LogP) is 2.30. The highest BCUT2D eigenvalue weighted by atomic mass is 16.6. The number of carbonyl (C=O) groups is 2. The summed E-state index contributed by atoms with van der Waals surface area (Å²) in [4.78, 5) is 22.9. The van der Waals surface area contributed by atoms with Gasteiger partial charge in [0.25, 0.3) is 0 Å². The first-order chi connectivity index (χ1) is 18.7. The minimum atomic E-state index is -0.358. The van der Waals surface area contributed by atoms with E-state index in [0.29, 0.717) is 104 Å². The molecule has 218 valence electrons. The third-order valence-corrected chi connectivity index (χ3v) is 4.65. The number of rotatable bonds is 27. The van der Waals surface area contributed by atoms with Crippen molar-refractivity contribution in [3.8, 4) is 0 Å². The van der Waals surface area contributed by atoms with Gasteiger partial charge in [-0.1, -0.05) is 25.1 Å². The second kappa shape index (κ2) is 26.5. The Labute approximate surface area is 225 Å². The van der Waals surface area contributed by atoms with Crippen LogP contribution in [0, 0.1) is 0 Å². The van der Waals surface area contributed by atoms with E-state index in [9.17, 15) is 9.59 Å². The molecule has 0 spiro atoms. The van der Waals surface area contributed by atoms with Crippen LogP contribution in [-0.4, -0.2) is 118 Å². The molecule has 38 heavy (non-hydrogen) atoms. The second-order valence-corrected chi connectivity index (χ2v) is 7.76. The Morgan fingerprint density at radius 3 is 1.21 bits per heavy atom. The maximum atomic E-state index is 11.7. The van der Waals surface area contributed by atoms with E-state index >= 15 is 0 Å². The van der Waals surface area contributed by atoms with E-state index in [1.807, 2.05) is 13.0 Å². The van der Waals surface area contributed by atoms with E-state index in [4.69, 9.17) is 42.6 Å². The smallest absolute Gasteiger partial charge is 0.338 e. The molecule has 0 fully saturated rings. The van der Waals surface area contributed by atoms with Crippen LogP contribution in [-0.2, 0) is 47.4 Å². The third-order valence-electron chi connectivity index (χ3n) is 4.65. The topological polar surface area (TPSA) is 117 Å². The Morgan fingerprint density at radius 2 is 0.842 bits per heavy atom. The lowest BCUT2D eigenvalue weighted by atomic mass is 10.2. The minimum Gasteiger partial charge on any atom is -0.463 e. The maximum Gasteiger partial charge on any atom is 0.338 e. The first-order valence-electron chi connectivity index (χ1n) is 13.2. The van der Waals surface area contributed by atoms with Crippen molar-refractivity contribution in [1.82, 2.24) is 0 Å². The average molecular weight is 545 g/mol. The zero-order valence-corrected chi connectivity index (χ0v) is 22.6. The monoisotopic (exact) mass is 544 g/mol. The Morgan fingerprint density at radius 1 is 0.500 bits per heavy atom. The molecule has 11 heteroatoms. The van der Waals surface area contributed by atoms with E-state index in [1.165, 1.54) is 0 Å². The SMILES string of the molecule is CCCC(=O)OCCOCCOCCOCCOCCOCCOCCOCCOC(=O)c1ccccc1. The molecule has 0 aliphatic heterocycles. The van der Waals surface area contributed by atoms with Crippen molar-refractivity contribution in [3.63, 3.8) is 0 Å². The predicted molar refractivity (Wildman–Crippen MR) is 138 cm³/mol.